The van der Waals surface area contributed by atoms with Crippen LogP contribution >= 0.6 is 15.9 Å². The topological polar surface area (TPSA) is 116 Å². The number of ether oxygens (including phenoxy) is 2. The molecule has 1 aliphatic carbocycles. The summed E-state index contributed by atoms with van der Waals surface area (Å²) >= 11 is 3.55. The van der Waals surface area contributed by atoms with Gasteiger partial charge in [0.25, 0.3) is 0 Å². The summed E-state index contributed by atoms with van der Waals surface area (Å²) in [5.41, 5.74) is 1.82. The zero-order valence-corrected chi connectivity index (χ0v) is 22.0. The maximum Gasteiger partial charge on any atom is 0.225 e. The molecular formula is C25H28BrN7O3. The van der Waals surface area contributed by atoms with Gasteiger partial charge in [-0.15, -0.1) is 0 Å². The molecule has 0 aliphatic heterocycles. The van der Waals surface area contributed by atoms with Gasteiger partial charge in [-0.2, -0.15) is 10.1 Å². The van der Waals surface area contributed by atoms with Crippen molar-refractivity contribution in [3.63, 3.8) is 0 Å². The van der Waals surface area contributed by atoms with Crippen LogP contribution in [-0.4, -0.2) is 64.1 Å². The van der Waals surface area contributed by atoms with Crippen LogP contribution < -0.4 is 15.4 Å². The fourth-order valence-corrected chi connectivity index (χ4v) is 5.22. The van der Waals surface area contributed by atoms with Gasteiger partial charge in [-0.25, -0.2) is 9.67 Å². The number of anilines is 1. The summed E-state index contributed by atoms with van der Waals surface area (Å²) in [6, 6.07) is 7.90. The van der Waals surface area contributed by atoms with Crippen LogP contribution in [0.15, 0.2) is 41.3 Å². The molecule has 36 heavy (non-hydrogen) atoms. The number of amides is 1. The molecule has 0 unspecified atom stereocenters. The molecule has 1 aromatic carbocycles. The van der Waals surface area contributed by atoms with E-state index in [9.17, 15) is 4.79 Å². The van der Waals surface area contributed by atoms with Gasteiger partial charge in [-0.1, -0.05) is 13.0 Å². The molecule has 0 bridgehead atoms. The van der Waals surface area contributed by atoms with Crippen LogP contribution in [0.2, 0.25) is 0 Å². The molecule has 0 spiro atoms. The first-order chi connectivity index (χ1) is 17.4. The van der Waals surface area contributed by atoms with E-state index in [4.69, 9.17) is 14.5 Å². The van der Waals surface area contributed by atoms with Crippen molar-refractivity contribution in [3.8, 4) is 11.4 Å². The van der Waals surface area contributed by atoms with Gasteiger partial charge in [0, 0.05) is 49.5 Å². The second kappa shape index (κ2) is 9.98. The summed E-state index contributed by atoms with van der Waals surface area (Å²) in [5, 5.41) is 12.6. The Morgan fingerprint density at radius 2 is 2.17 bits per heavy atom. The number of carbonyl (C=O) groups is 1. The minimum absolute atomic E-state index is 0.0690. The number of halogens is 1. The molecule has 10 nitrogen and oxygen atoms in total. The van der Waals surface area contributed by atoms with Crippen molar-refractivity contribution >= 4 is 49.7 Å². The summed E-state index contributed by atoms with van der Waals surface area (Å²) in [4.78, 5) is 26.1. The summed E-state index contributed by atoms with van der Waals surface area (Å²) < 4.78 is 13.5. The predicted octanol–water partition coefficient (Wildman–Crippen LogP) is 3.87. The normalized spacial score (nSPS) is 19.6. The zero-order valence-electron chi connectivity index (χ0n) is 20.4. The highest BCUT2D eigenvalue weighted by Crippen LogP contribution is 2.39. The minimum Gasteiger partial charge on any atom is -0.489 e. The molecule has 1 aliphatic rings. The standard InChI is InChI=1S/C25H28BrN7O3/c1-25(23(34)27-2)7-6-16(13-25)30-24-29-14-18-21(26)32-33(22(18)31-24)17-11-15-5-4-8-28-20(15)19(12-17)36-10-9-35-3/h4-5,8,11-12,14,16H,6-7,9-10,13H2,1-3H3,(H,27,34)(H,29,30,31)/t16-,25-/m1/s1. The van der Waals surface area contributed by atoms with Gasteiger partial charge >= 0.3 is 0 Å². The van der Waals surface area contributed by atoms with Crippen LogP contribution in [0, 0.1) is 5.41 Å². The number of nitrogens with one attached hydrogen (secondary N) is 2. The molecule has 1 saturated carbocycles. The molecule has 3 aromatic heterocycles. The van der Waals surface area contributed by atoms with Crippen molar-refractivity contribution in [3.05, 3.63) is 41.3 Å². The van der Waals surface area contributed by atoms with Crippen LogP contribution in [0.5, 0.6) is 5.75 Å². The lowest BCUT2D eigenvalue weighted by atomic mass is 9.87. The maximum absolute atomic E-state index is 12.3. The SMILES string of the molecule is CNC(=O)[C@]1(C)CC[C@@H](Nc2ncc3c(Br)nn(-c4cc(OCCOC)c5ncccc5c4)c3n2)C1. The van der Waals surface area contributed by atoms with Crippen molar-refractivity contribution < 1.29 is 14.3 Å². The zero-order chi connectivity index (χ0) is 25.3. The first-order valence-electron chi connectivity index (χ1n) is 11.8. The highest BCUT2D eigenvalue weighted by Gasteiger charge is 2.41. The van der Waals surface area contributed by atoms with E-state index >= 15 is 0 Å². The Bertz CT molecular complexity index is 1430. The summed E-state index contributed by atoms with van der Waals surface area (Å²) in [5.74, 6) is 1.22. The Labute approximate surface area is 216 Å². The highest BCUT2D eigenvalue weighted by atomic mass is 79.9. The number of benzene rings is 1. The third kappa shape index (κ3) is 4.60. The fourth-order valence-electron chi connectivity index (χ4n) is 4.78. The van der Waals surface area contributed by atoms with Crippen LogP contribution in [0.1, 0.15) is 26.2 Å². The second-order valence-electron chi connectivity index (χ2n) is 9.22. The van der Waals surface area contributed by atoms with Crippen LogP contribution in [0.25, 0.3) is 27.6 Å². The lowest BCUT2D eigenvalue weighted by Crippen LogP contribution is -2.35. The van der Waals surface area contributed by atoms with Crippen LogP contribution in [0.4, 0.5) is 5.95 Å². The van der Waals surface area contributed by atoms with E-state index in [0.29, 0.717) is 35.2 Å². The maximum atomic E-state index is 12.3. The molecule has 3 heterocycles. The number of hydrogen-bond donors (Lipinski definition) is 2. The van der Waals surface area contributed by atoms with Crippen LogP contribution in [0.3, 0.4) is 0 Å². The first-order valence-corrected chi connectivity index (χ1v) is 12.6. The van der Waals surface area contributed by atoms with Gasteiger partial charge in [0.1, 0.15) is 22.5 Å². The molecule has 4 aromatic rings. The third-order valence-electron chi connectivity index (χ3n) is 6.67. The lowest BCUT2D eigenvalue weighted by Gasteiger charge is -2.22. The number of carbonyl (C=O) groups excluding carboxylic acids is 1. The number of nitrogens with zero attached hydrogens (tertiary/aromatic N) is 5. The average Bonchev–Trinajstić information content (AvgIpc) is 3.43. The Morgan fingerprint density at radius 1 is 1.31 bits per heavy atom. The van der Waals surface area contributed by atoms with Gasteiger partial charge in [0.2, 0.25) is 11.9 Å². The average molecular weight is 554 g/mol. The van der Waals surface area contributed by atoms with E-state index in [2.05, 4.69) is 41.6 Å². The molecule has 11 heteroatoms. The largest absolute Gasteiger partial charge is 0.489 e. The quantitative estimate of drug-likeness (QED) is 0.316. The Morgan fingerprint density at radius 3 is 2.97 bits per heavy atom. The monoisotopic (exact) mass is 553 g/mol. The molecule has 2 atom stereocenters. The number of methoxy groups -OCH3 is 1. The van der Waals surface area contributed by atoms with Crippen molar-refractivity contribution in [2.75, 3.05) is 32.7 Å². The van der Waals surface area contributed by atoms with E-state index in [-0.39, 0.29) is 17.4 Å². The van der Waals surface area contributed by atoms with Crippen molar-refractivity contribution in [2.24, 2.45) is 5.41 Å². The number of hydrogen-bond acceptors (Lipinski definition) is 8. The smallest absolute Gasteiger partial charge is 0.225 e. The lowest BCUT2D eigenvalue weighted by molar-refractivity contribution is -0.129. The second-order valence-corrected chi connectivity index (χ2v) is 9.97. The van der Waals surface area contributed by atoms with Gasteiger partial charge in [-0.05, 0) is 47.3 Å². The predicted molar refractivity (Wildman–Crippen MR) is 140 cm³/mol. The Kier molecular flexibility index (Phi) is 6.76. The van der Waals surface area contributed by atoms with Crippen molar-refractivity contribution in [1.29, 1.82) is 0 Å². The van der Waals surface area contributed by atoms with Gasteiger partial charge in [0.15, 0.2) is 5.65 Å². The summed E-state index contributed by atoms with van der Waals surface area (Å²) in [6.45, 7) is 2.88. The Balaban J connectivity index is 1.49. The van der Waals surface area contributed by atoms with Crippen molar-refractivity contribution in [2.45, 2.75) is 32.2 Å². The molecule has 2 N–H and O–H groups in total. The number of fused-ring (bicyclic) bond motifs is 2. The Hall–Kier alpha value is -3.31. The molecule has 1 amide bonds. The molecule has 188 valence electrons. The molecule has 0 radical (unpaired) electrons. The van der Waals surface area contributed by atoms with Crippen LogP contribution in [-0.2, 0) is 9.53 Å². The first kappa shape index (κ1) is 24.4. The highest BCUT2D eigenvalue weighted by molar-refractivity contribution is 9.10. The van der Waals surface area contributed by atoms with E-state index in [0.717, 1.165) is 41.2 Å². The number of pyridine rings is 1. The number of rotatable bonds is 8. The van der Waals surface area contributed by atoms with Gasteiger partial charge in [-0.3, -0.25) is 9.78 Å². The van der Waals surface area contributed by atoms with Gasteiger partial charge in [0.05, 0.1) is 17.7 Å². The molecule has 0 saturated heterocycles. The van der Waals surface area contributed by atoms with Gasteiger partial charge < -0.3 is 20.1 Å². The fraction of sp³-hybridized carbons (Fsp3) is 0.400. The molecular weight excluding hydrogens is 526 g/mol. The third-order valence-corrected chi connectivity index (χ3v) is 7.26. The van der Waals surface area contributed by atoms with E-state index < -0.39 is 0 Å². The minimum atomic E-state index is -0.389. The van der Waals surface area contributed by atoms with Crippen molar-refractivity contribution in [1.82, 2.24) is 30.0 Å². The molecule has 1 fully saturated rings. The van der Waals surface area contributed by atoms with E-state index in [1.807, 2.05) is 31.2 Å². The summed E-state index contributed by atoms with van der Waals surface area (Å²) in [7, 11) is 3.32. The van der Waals surface area contributed by atoms with E-state index in [1.165, 1.54) is 0 Å². The van der Waals surface area contributed by atoms with E-state index in [1.54, 1.807) is 31.2 Å². The summed E-state index contributed by atoms with van der Waals surface area (Å²) in [6.07, 6.45) is 5.90. The molecule has 5 rings (SSSR count). The number of aromatic nitrogens is 5.